The van der Waals surface area contributed by atoms with E-state index in [1.165, 1.54) is 18.2 Å². The molecule has 0 fully saturated rings. The predicted molar refractivity (Wildman–Crippen MR) is 118 cm³/mol. The Balaban J connectivity index is 1.72. The van der Waals surface area contributed by atoms with Crippen molar-refractivity contribution in [1.29, 1.82) is 0 Å². The van der Waals surface area contributed by atoms with Gasteiger partial charge in [-0.15, -0.1) is 0 Å². The Kier molecular flexibility index (Phi) is 6.70. The third-order valence-corrected chi connectivity index (χ3v) is 6.57. The van der Waals surface area contributed by atoms with E-state index in [9.17, 15) is 13.2 Å². The summed E-state index contributed by atoms with van der Waals surface area (Å²) < 4.78 is 25.5. The predicted octanol–water partition coefficient (Wildman–Crippen LogP) is 6.26. The van der Waals surface area contributed by atoms with Crippen LogP contribution in [0.15, 0.2) is 71.6 Å². The van der Waals surface area contributed by atoms with E-state index in [-0.39, 0.29) is 15.7 Å². The lowest BCUT2D eigenvalue weighted by Crippen LogP contribution is -2.19. The molecule has 0 unspecified atom stereocenters. The zero-order chi connectivity index (χ0) is 21.0. The molecule has 0 aliphatic heterocycles. The highest BCUT2D eigenvalue weighted by atomic mass is 35.5. The van der Waals surface area contributed by atoms with Gasteiger partial charge in [0.25, 0.3) is 0 Å². The normalized spacial score (nSPS) is 11.1. The van der Waals surface area contributed by atoms with Crippen LogP contribution in [0.25, 0.3) is 0 Å². The molecule has 0 aliphatic rings. The van der Waals surface area contributed by atoms with Crippen LogP contribution in [0.4, 0.5) is 16.2 Å². The van der Waals surface area contributed by atoms with E-state index in [2.05, 4.69) is 10.6 Å². The van der Waals surface area contributed by atoms with Gasteiger partial charge in [-0.1, -0.05) is 46.9 Å². The van der Waals surface area contributed by atoms with E-state index in [0.29, 0.717) is 27.0 Å². The van der Waals surface area contributed by atoms with Gasteiger partial charge in [-0.2, -0.15) is 0 Å². The summed E-state index contributed by atoms with van der Waals surface area (Å²) in [5.74, 6) is -0.246. The maximum absolute atomic E-state index is 12.7. The van der Waals surface area contributed by atoms with Gasteiger partial charge in [0.05, 0.1) is 20.7 Å². The molecule has 0 bridgehead atoms. The van der Waals surface area contributed by atoms with E-state index in [4.69, 9.17) is 34.8 Å². The van der Waals surface area contributed by atoms with Crippen LogP contribution < -0.4 is 10.6 Å². The first-order valence-corrected chi connectivity index (χ1v) is 11.1. The monoisotopic (exact) mass is 468 g/mol. The van der Waals surface area contributed by atoms with Crippen molar-refractivity contribution in [2.45, 2.75) is 10.6 Å². The quantitative estimate of drug-likeness (QED) is 0.463. The molecule has 2 amide bonds. The summed E-state index contributed by atoms with van der Waals surface area (Å²) in [5, 5.41) is 6.44. The molecule has 29 heavy (non-hydrogen) atoms. The number of benzene rings is 3. The Morgan fingerprint density at radius 3 is 2.17 bits per heavy atom. The summed E-state index contributed by atoms with van der Waals surface area (Å²) in [4.78, 5) is 12.2. The second-order valence-electron chi connectivity index (χ2n) is 6.12. The molecular weight excluding hydrogens is 455 g/mol. The maximum Gasteiger partial charge on any atom is 0.323 e. The second-order valence-corrected chi connectivity index (χ2v) is 9.36. The number of sulfone groups is 1. The largest absolute Gasteiger partial charge is 0.323 e. The second kappa shape index (κ2) is 9.05. The minimum Gasteiger partial charge on any atom is -0.308 e. The molecule has 3 aromatic rings. The molecule has 9 heteroatoms. The molecule has 2 N–H and O–H groups in total. The van der Waals surface area contributed by atoms with Crippen molar-refractivity contribution in [3.05, 3.63) is 87.4 Å². The average Bonchev–Trinajstić information content (AvgIpc) is 2.66. The van der Waals surface area contributed by atoms with Crippen molar-refractivity contribution >= 4 is 62.0 Å². The van der Waals surface area contributed by atoms with Gasteiger partial charge in [0.1, 0.15) is 0 Å². The number of carbonyl (C=O) groups is 1. The standard InChI is InChI=1S/C20H15Cl3N2O3S/c21-14-5-7-15(8-6-14)24-20(26)25-16-2-1-3-17(11-16)29(27,28)12-13-4-9-18(22)19(23)10-13/h1-11H,12H2,(H2,24,25,26). The lowest BCUT2D eigenvalue weighted by Gasteiger charge is -2.10. The Bertz CT molecular complexity index is 1150. The average molecular weight is 470 g/mol. The number of hydrogen-bond acceptors (Lipinski definition) is 3. The molecule has 0 aliphatic carbocycles. The number of hydrogen-bond donors (Lipinski definition) is 2. The fraction of sp³-hybridized carbons (Fsp3) is 0.0500. The summed E-state index contributed by atoms with van der Waals surface area (Å²) in [6.07, 6.45) is 0. The number of halogens is 3. The topological polar surface area (TPSA) is 75.3 Å². The number of anilines is 2. The highest BCUT2D eigenvalue weighted by molar-refractivity contribution is 7.90. The SMILES string of the molecule is O=C(Nc1ccc(Cl)cc1)Nc1cccc(S(=O)(=O)Cc2ccc(Cl)c(Cl)c2)c1. The summed E-state index contributed by atoms with van der Waals surface area (Å²) in [5.41, 5.74) is 1.40. The van der Waals surface area contributed by atoms with Crippen LogP contribution in [0.5, 0.6) is 0 Å². The van der Waals surface area contributed by atoms with E-state index in [1.807, 2.05) is 0 Å². The molecule has 0 radical (unpaired) electrons. The first-order chi connectivity index (χ1) is 13.7. The van der Waals surface area contributed by atoms with Gasteiger partial charge >= 0.3 is 6.03 Å². The minimum absolute atomic E-state index is 0.0767. The number of urea groups is 1. The van der Waals surface area contributed by atoms with Gasteiger partial charge < -0.3 is 10.6 Å². The molecule has 5 nitrogen and oxygen atoms in total. The Morgan fingerprint density at radius 1 is 0.793 bits per heavy atom. The summed E-state index contributed by atoms with van der Waals surface area (Å²) in [6, 6.07) is 16.8. The van der Waals surface area contributed by atoms with E-state index < -0.39 is 15.9 Å². The van der Waals surface area contributed by atoms with Crippen LogP contribution in [-0.2, 0) is 15.6 Å². The lowest BCUT2D eigenvalue weighted by molar-refractivity contribution is 0.262. The van der Waals surface area contributed by atoms with E-state index in [0.717, 1.165) is 0 Å². The van der Waals surface area contributed by atoms with Gasteiger partial charge in [0.2, 0.25) is 0 Å². The molecule has 0 heterocycles. The third-order valence-electron chi connectivity index (χ3n) is 3.89. The zero-order valence-corrected chi connectivity index (χ0v) is 17.9. The van der Waals surface area contributed by atoms with Crippen LogP contribution in [0.3, 0.4) is 0 Å². The fourth-order valence-electron chi connectivity index (χ4n) is 2.53. The number of rotatable bonds is 5. The summed E-state index contributed by atoms with van der Waals surface area (Å²) >= 11 is 17.6. The van der Waals surface area contributed by atoms with Crippen molar-refractivity contribution < 1.29 is 13.2 Å². The van der Waals surface area contributed by atoms with Crippen LogP contribution in [-0.4, -0.2) is 14.4 Å². The zero-order valence-electron chi connectivity index (χ0n) is 14.8. The first kappa shape index (κ1) is 21.5. The molecule has 3 rings (SSSR count). The number of amides is 2. The molecule has 0 spiro atoms. The Labute approximate surface area is 183 Å². The van der Waals surface area contributed by atoms with E-state index in [1.54, 1.807) is 48.5 Å². The number of carbonyl (C=O) groups excluding carboxylic acids is 1. The van der Waals surface area contributed by atoms with Gasteiger partial charge in [0, 0.05) is 16.4 Å². The fourth-order valence-corrected chi connectivity index (χ4v) is 4.35. The Hall–Kier alpha value is -2.25. The van der Waals surface area contributed by atoms with Gasteiger partial charge in [-0.3, -0.25) is 0 Å². The van der Waals surface area contributed by atoms with Crippen molar-refractivity contribution in [2.24, 2.45) is 0 Å². The maximum atomic E-state index is 12.7. The van der Waals surface area contributed by atoms with Crippen LogP contribution >= 0.6 is 34.8 Å². The summed E-state index contributed by atoms with van der Waals surface area (Å²) in [6.45, 7) is 0. The summed E-state index contributed by atoms with van der Waals surface area (Å²) in [7, 11) is -3.65. The van der Waals surface area contributed by atoms with Crippen molar-refractivity contribution in [3.63, 3.8) is 0 Å². The van der Waals surface area contributed by atoms with E-state index >= 15 is 0 Å². The Morgan fingerprint density at radius 2 is 1.48 bits per heavy atom. The van der Waals surface area contributed by atoms with Crippen LogP contribution in [0.2, 0.25) is 15.1 Å². The van der Waals surface area contributed by atoms with Gasteiger partial charge in [-0.05, 0) is 60.2 Å². The number of nitrogens with one attached hydrogen (secondary N) is 2. The van der Waals surface area contributed by atoms with Crippen molar-refractivity contribution in [3.8, 4) is 0 Å². The van der Waals surface area contributed by atoms with Crippen LogP contribution in [0.1, 0.15) is 5.56 Å². The van der Waals surface area contributed by atoms with Gasteiger partial charge in [-0.25, -0.2) is 13.2 Å². The molecule has 0 aromatic heterocycles. The van der Waals surface area contributed by atoms with Crippen molar-refractivity contribution in [2.75, 3.05) is 10.6 Å². The highest BCUT2D eigenvalue weighted by Crippen LogP contribution is 2.26. The molecule has 0 saturated carbocycles. The molecule has 0 atom stereocenters. The third kappa shape index (κ3) is 5.87. The molecule has 150 valence electrons. The molecular formula is C20H15Cl3N2O3S. The molecule has 3 aromatic carbocycles. The molecule has 0 saturated heterocycles. The lowest BCUT2D eigenvalue weighted by atomic mass is 10.2. The highest BCUT2D eigenvalue weighted by Gasteiger charge is 2.17. The van der Waals surface area contributed by atoms with Crippen molar-refractivity contribution in [1.82, 2.24) is 0 Å². The minimum atomic E-state index is -3.65. The smallest absolute Gasteiger partial charge is 0.308 e. The first-order valence-electron chi connectivity index (χ1n) is 8.33. The van der Waals surface area contributed by atoms with Gasteiger partial charge in [0.15, 0.2) is 9.84 Å². The van der Waals surface area contributed by atoms with Crippen LogP contribution in [0, 0.1) is 0 Å².